The monoisotopic (exact) mass is 303 g/mol. The van der Waals surface area contributed by atoms with Crippen LogP contribution in [-0.2, 0) is 0 Å². The molecule has 0 spiro atoms. The summed E-state index contributed by atoms with van der Waals surface area (Å²) in [6, 6.07) is 12.7. The van der Waals surface area contributed by atoms with Crippen LogP contribution in [0.2, 0.25) is 0 Å². The number of para-hydroxylation sites is 1. The maximum atomic E-state index is 4.92. The Balaban J connectivity index is 1.65. The SMILES string of the molecule is Cc1ccncc1C1CCN(c2nc3ccccc3cc2C)C1. The summed E-state index contributed by atoms with van der Waals surface area (Å²) in [4.78, 5) is 11.7. The molecule has 1 aliphatic rings. The van der Waals surface area contributed by atoms with Gasteiger partial charge < -0.3 is 4.90 Å². The molecule has 3 nitrogen and oxygen atoms in total. The van der Waals surface area contributed by atoms with Crippen LogP contribution in [0.3, 0.4) is 0 Å². The fourth-order valence-corrected chi connectivity index (χ4v) is 3.64. The highest BCUT2D eigenvalue weighted by Gasteiger charge is 2.27. The zero-order chi connectivity index (χ0) is 15.8. The lowest BCUT2D eigenvalue weighted by Crippen LogP contribution is -2.21. The molecular weight excluding hydrogens is 282 g/mol. The van der Waals surface area contributed by atoms with E-state index in [1.807, 2.05) is 12.4 Å². The van der Waals surface area contributed by atoms with E-state index in [2.05, 4.69) is 60.1 Å². The summed E-state index contributed by atoms with van der Waals surface area (Å²) < 4.78 is 0. The molecule has 0 radical (unpaired) electrons. The number of hydrogen-bond acceptors (Lipinski definition) is 3. The Labute approximate surface area is 137 Å². The van der Waals surface area contributed by atoms with Crippen molar-refractivity contribution in [3.05, 3.63) is 65.5 Å². The van der Waals surface area contributed by atoms with E-state index in [9.17, 15) is 0 Å². The zero-order valence-corrected chi connectivity index (χ0v) is 13.7. The normalized spacial score (nSPS) is 17.8. The summed E-state index contributed by atoms with van der Waals surface area (Å²) in [6.07, 6.45) is 5.07. The van der Waals surface area contributed by atoms with Crippen molar-refractivity contribution >= 4 is 16.7 Å². The number of benzene rings is 1. The van der Waals surface area contributed by atoms with Crippen LogP contribution in [0.4, 0.5) is 5.82 Å². The van der Waals surface area contributed by atoms with E-state index in [-0.39, 0.29) is 0 Å². The standard InChI is InChI=1S/C20H21N3/c1-14-7-9-21-12-18(14)17-8-10-23(13-17)20-15(2)11-16-5-3-4-6-19(16)22-20/h3-7,9,11-12,17H,8,10,13H2,1-2H3. The highest BCUT2D eigenvalue weighted by molar-refractivity contribution is 5.81. The van der Waals surface area contributed by atoms with Gasteiger partial charge in [0.25, 0.3) is 0 Å². The van der Waals surface area contributed by atoms with Gasteiger partial charge in [-0.1, -0.05) is 18.2 Å². The Morgan fingerprint density at radius 3 is 2.83 bits per heavy atom. The lowest BCUT2D eigenvalue weighted by atomic mass is 9.96. The maximum absolute atomic E-state index is 4.92. The van der Waals surface area contributed by atoms with Crippen LogP contribution in [-0.4, -0.2) is 23.1 Å². The number of fused-ring (bicyclic) bond motifs is 1. The lowest BCUT2D eigenvalue weighted by Gasteiger charge is -2.21. The van der Waals surface area contributed by atoms with Crippen molar-refractivity contribution in [2.75, 3.05) is 18.0 Å². The number of pyridine rings is 2. The minimum atomic E-state index is 0.552. The third-order valence-electron chi connectivity index (χ3n) is 4.90. The Bertz CT molecular complexity index is 856. The molecule has 3 heteroatoms. The van der Waals surface area contributed by atoms with E-state index >= 15 is 0 Å². The van der Waals surface area contributed by atoms with Gasteiger partial charge in [0.05, 0.1) is 5.52 Å². The molecule has 1 aromatic carbocycles. The molecule has 1 fully saturated rings. The molecular formula is C20H21N3. The maximum Gasteiger partial charge on any atom is 0.132 e. The van der Waals surface area contributed by atoms with Crippen molar-refractivity contribution in [1.29, 1.82) is 0 Å². The smallest absolute Gasteiger partial charge is 0.132 e. The van der Waals surface area contributed by atoms with Gasteiger partial charge in [-0.25, -0.2) is 4.98 Å². The van der Waals surface area contributed by atoms with Gasteiger partial charge in [-0.15, -0.1) is 0 Å². The van der Waals surface area contributed by atoms with E-state index < -0.39 is 0 Å². The summed E-state index contributed by atoms with van der Waals surface area (Å²) in [7, 11) is 0. The second-order valence-electron chi connectivity index (χ2n) is 6.49. The summed E-state index contributed by atoms with van der Waals surface area (Å²) in [6.45, 7) is 6.43. The summed E-state index contributed by atoms with van der Waals surface area (Å²) in [5.74, 6) is 1.68. The van der Waals surface area contributed by atoms with Gasteiger partial charge in [0.2, 0.25) is 0 Å². The molecule has 2 aromatic heterocycles. The molecule has 0 amide bonds. The van der Waals surface area contributed by atoms with Gasteiger partial charge >= 0.3 is 0 Å². The van der Waals surface area contributed by atoms with Crippen molar-refractivity contribution in [1.82, 2.24) is 9.97 Å². The molecule has 1 unspecified atom stereocenters. The zero-order valence-electron chi connectivity index (χ0n) is 13.7. The van der Waals surface area contributed by atoms with Crippen molar-refractivity contribution in [2.24, 2.45) is 0 Å². The molecule has 1 saturated heterocycles. The minimum absolute atomic E-state index is 0.552. The van der Waals surface area contributed by atoms with Gasteiger partial charge in [-0.05, 0) is 55.2 Å². The van der Waals surface area contributed by atoms with Crippen LogP contribution < -0.4 is 4.90 Å². The highest BCUT2D eigenvalue weighted by atomic mass is 15.2. The Hall–Kier alpha value is -2.42. The first-order valence-electron chi connectivity index (χ1n) is 8.24. The largest absolute Gasteiger partial charge is 0.356 e. The van der Waals surface area contributed by atoms with Crippen molar-refractivity contribution in [3.8, 4) is 0 Å². The van der Waals surface area contributed by atoms with Crippen LogP contribution in [0.15, 0.2) is 48.8 Å². The minimum Gasteiger partial charge on any atom is -0.356 e. The van der Waals surface area contributed by atoms with Gasteiger partial charge in [-0.2, -0.15) is 0 Å². The quantitative estimate of drug-likeness (QED) is 0.709. The summed E-state index contributed by atoms with van der Waals surface area (Å²) in [5.41, 5.74) is 5.06. The third-order valence-corrected chi connectivity index (χ3v) is 4.90. The topological polar surface area (TPSA) is 29.0 Å². The predicted octanol–water partition coefficient (Wildman–Crippen LogP) is 4.24. The van der Waals surface area contributed by atoms with Gasteiger partial charge in [-0.3, -0.25) is 4.98 Å². The number of hydrogen-bond donors (Lipinski definition) is 0. The molecule has 3 heterocycles. The van der Waals surface area contributed by atoms with Crippen molar-refractivity contribution in [2.45, 2.75) is 26.2 Å². The van der Waals surface area contributed by atoms with Crippen LogP contribution in [0, 0.1) is 13.8 Å². The fourth-order valence-electron chi connectivity index (χ4n) is 3.64. The van der Waals surface area contributed by atoms with E-state index in [1.165, 1.54) is 28.5 Å². The van der Waals surface area contributed by atoms with Crippen molar-refractivity contribution in [3.63, 3.8) is 0 Å². The highest BCUT2D eigenvalue weighted by Crippen LogP contribution is 2.33. The van der Waals surface area contributed by atoms with Crippen LogP contribution in [0.1, 0.15) is 29.0 Å². The van der Waals surface area contributed by atoms with Gasteiger partial charge in [0.1, 0.15) is 5.82 Å². The Kier molecular flexibility index (Phi) is 3.49. The number of aromatic nitrogens is 2. The first-order chi connectivity index (χ1) is 11.2. The van der Waals surface area contributed by atoms with Crippen LogP contribution in [0.25, 0.3) is 10.9 Å². The first-order valence-corrected chi connectivity index (χ1v) is 8.24. The molecule has 0 bridgehead atoms. The molecule has 0 aliphatic carbocycles. The molecule has 4 rings (SSSR count). The average molecular weight is 303 g/mol. The van der Waals surface area contributed by atoms with Crippen LogP contribution in [0.5, 0.6) is 0 Å². The van der Waals surface area contributed by atoms with Crippen LogP contribution >= 0.6 is 0 Å². The Morgan fingerprint density at radius 2 is 1.96 bits per heavy atom. The Morgan fingerprint density at radius 1 is 1.09 bits per heavy atom. The van der Waals surface area contributed by atoms with Gasteiger partial charge in [0, 0.05) is 36.8 Å². The van der Waals surface area contributed by atoms with Crippen molar-refractivity contribution < 1.29 is 0 Å². The van der Waals surface area contributed by atoms with E-state index in [0.717, 1.165) is 24.4 Å². The lowest BCUT2D eigenvalue weighted by molar-refractivity contribution is 0.762. The number of anilines is 1. The molecule has 0 saturated carbocycles. The molecule has 0 N–H and O–H groups in total. The van der Waals surface area contributed by atoms with E-state index in [1.54, 1.807) is 0 Å². The molecule has 116 valence electrons. The second kappa shape index (κ2) is 5.65. The molecule has 23 heavy (non-hydrogen) atoms. The summed E-state index contributed by atoms with van der Waals surface area (Å²) >= 11 is 0. The first kappa shape index (κ1) is 14.2. The molecule has 3 aromatic rings. The number of nitrogens with zero attached hydrogens (tertiary/aromatic N) is 3. The average Bonchev–Trinajstić information content (AvgIpc) is 3.04. The number of rotatable bonds is 2. The molecule has 1 aliphatic heterocycles. The molecule has 1 atom stereocenters. The summed E-state index contributed by atoms with van der Waals surface area (Å²) in [5, 5.41) is 1.22. The number of aryl methyl sites for hydroxylation is 2. The van der Waals surface area contributed by atoms with E-state index in [0.29, 0.717) is 5.92 Å². The van der Waals surface area contributed by atoms with Gasteiger partial charge in [0.15, 0.2) is 0 Å². The third kappa shape index (κ3) is 2.56. The fraction of sp³-hybridized carbons (Fsp3) is 0.300. The van der Waals surface area contributed by atoms with E-state index in [4.69, 9.17) is 4.98 Å². The predicted molar refractivity (Wildman–Crippen MR) is 95.0 cm³/mol. The second-order valence-corrected chi connectivity index (χ2v) is 6.49.